The molecule has 82 valence electrons. The van der Waals surface area contributed by atoms with Gasteiger partial charge in [0.25, 0.3) is 0 Å². The molecule has 1 N–H and O–H groups in total. The van der Waals surface area contributed by atoms with Gasteiger partial charge in [-0.2, -0.15) is 0 Å². The van der Waals surface area contributed by atoms with Gasteiger partial charge in [0.15, 0.2) is 0 Å². The number of aromatic nitrogens is 2. The van der Waals surface area contributed by atoms with Crippen molar-refractivity contribution in [1.29, 1.82) is 0 Å². The third-order valence-electron chi connectivity index (χ3n) is 2.12. The zero-order valence-corrected chi connectivity index (χ0v) is 9.73. The smallest absolute Gasteiger partial charge is 0.124 e. The highest BCUT2D eigenvalue weighted by atomic mass is 79.9. The standard InChI is InChI=1S/C11H8BrFN2O/c12-9-5-7(13)1-2-8(9)11(16)10-6-14-3-4-15-10/h1-6,11,16H. The molecule has 0 saturated heterocycles. The summed E-state index contributed by atoms with van der Waals surface area (Å²) in [6, 6.07) is 4.10. The third-order valence-corrected chi connectivity index (χ3v) is 2.81. The Bertz CT molecular complexity index is 493. The van der Waals surface area contributed by atoms with E-state index in [1.165, 1.54) is 36.8 Å². The highest BCUT2D eigenvalue weighted by molar-refractivity contribution is 9.10. The summed E-state index contributed by atoms with van der Waals surface area (Å²) in [6.07, 6.45) is 3.58. The first kappa shape index (κ1) is 11.2. The number of nitrogens with zero attached hydrogens (tertiary/aromatic N) is 2. The number of rotatable bonds is 2. The SMILES string of the molecule is OC(c1cnccn1)c1ccc(F)cc1Br. The van der Waals surface area contributed by atoms with Crippen molar-refractivity contribution in [1.82, 2.24) is 9.97 Å². The van der Waals surface area contributed by atoms with E-state index in [1.807, 2.05) is 0 Å². The van der Waals surface area contributed by atoms with Crippen LogP contribution in [0.1, 0.15) is 17.4 Å². The maximum absolute atomic E-state index is 12.9. The largest absolute Gasteiger partial charge is 0.382 e. The molecule has 1 heterocycles. The van der Waals surface area contributed by atoms with Crippen LogP contribution < -0.4 is 0 Å². The second-order valence-corrected chi connectivity index (χ2v) is 4.05. The third kappa shape index (κ3) is 2.25. The summed E-state index contributed by atoms with van der Waals surface area (Å²) >= 11 is 3.20. The van der Waals surface area contributed by atoms with Gasteiger partial charge in [-0.3, -0.25) is 9.97 Å². The Balaban J connectivity index is 2.38. The second-order valence-electron chi connectivity index (χ2n) is 3.20. The van der Waals surface area contributed by atoms with Gasteiger partial charge in [0.2, 0.25) is 0 Å². The van der Waals surface area contributed by atoms with Crippen molar-refractivity contribution < 1.29 is 9.50 Å². The molecule has 2 aromatic rings. The van der Waals surface area contributed by atoms with Crippen molar-refractivity contribution in [3.8, 4) is 0 Å². The fraction of sp³-hybridized carbons (Fsp3) is 0.0909. The molecule has 0 saturated carbocycles. The first-order valence-corrected chi connectivity index (χ1v) is 5.36. The van der Waals surface area contributed by atoms with Crippen molar-refractivity contribution in [3.05, 3.63) is 58.3 Å². The maximum Gasteiger partial charge on any atom is 0.124 e. The number of aliphatic hydroxyl groups excluding tert-OH is 1. The van der Waals surface area contributed by atoms with Gasteiger partial charge >= 0.3 is 0 Å². The molecule has 0 radical (unpaired) electrons. The molecule has 1 aromatic carbocycles. The van der Waals surface area contributed by atoms with Crippen molar-refractivity contribution in [3.63, 3.8) is 0 Å². The van der Waals surface area contributed by atoms with E-state index in [-0.39, 0.29) is 5.82 Å². The number of aliphatic hydroxyl groups is 1. The fourth-order valence-corrected chi connectivity index (χ4v) is 1.90. The molecule has 1 aromatic heterocycles. The number of benzene rings is 1. The molecule has 0 aliphatic rings. The summed E-state index contributed by atoms with van der Waals surface area (Å²) in [5.41, 5.74) is 0.983. The molecule has 1 unspecified atom stereocenters. The van der Waals surface area contributed by atoms with Crippen LogP contribution in [0.4, 0.5) is 4.39 Å². The van der Waals surface area contributed by atoms with E-state index < -0.39 is 6.10 Å². The molecular formula is C11H8BrFN2O. The van der Waals surface area contributed by atoms with Crippen LogP contribution in [-0.4, -0.2) is 15.1 Å². The van der Waals surface area contributed by atoms with E-state index in [0.717, 1.165) is 0 Å². The predicted octanol–water partition coefficient (Wildman–Crippen LogP) is 2.46. The highest BCUT2D eigenvalue weighted by Gasteiger charge is 2.15. The highest BCUT2D eigenvalue weighted by Crippen LogP contribution is 2.27. The van der Waals surface area contributed by atoms with Crippen molar-refractivity contribution in [2.45, 2.75) is 6.10 Å². The Kier molecular flexibility index (Phi) is 3.26. The number of hydrogen-bond donors (Lipinski definition) is 1. The van der Waals surface area contributed by atoms with Gasteiger partial charge in [-0.25, -0.2) is 4.39 Å². The molecule has 0 aliphatic carbocycles. The Morgan fingerprint density at radius 2 is 2.12 bits per heavy atom. The van der Waals surface area contributed by atoms with Crippen LogP contribution in [0.5, 0.6) is 0 Å². The van der Waals surface area contributed by atoms with Crippen LogP contribution in [0.3, 0.4) is 0 Å². The van der Waals surface area contributed by atoms with Gasteiger partial charge in [0, 0.05) is 22.4 Å². The van der Waals surface area contributed by atoms with Crippen LogP contribution in [-0.2, 0) is 0 Å². The number of hydrogen-bond acceptors (Lipinski definition) is 3. The van der Waals surface area contributed by atoms with E-state index in [4.69, 9.17) is 0 Å². The van der Waals surface area contributed by atoms with Gasteiger partial charge in [-0.15, -0.1) is 0 Å². The minimum atomic E-state index is -0.913. The minimum absolute atomic E-state index is 0.359. The quantitative estimate of drug-likeness (QED) is 0.920. The Hall–Kier alpha value is -1.33. The molecule has 0 bridgehead atoms. The summed E-state index contributed by atoms with van der Waals surface area (Å²) in [5, 5.41) is 10.0. The van der Waals surface area contributed by atoms with E-state index in [1.54, 1.807) is 0 Å². The fourth-order valence-electron chi connectivity index (χ4n) is 1.33. The van der Waals surface area contributed by atoms with Crippen molar-refractivity contribution in [2.24, 2.45) is 0 Å². The Morgan fingerprint density at radius 3 is 2.75 bits per heavy atom. The minimum Gasteiger partial charge on any atom is -0.382 e. The van der Waals surface area contributed by atoms with Crippen molar-refractivity contribution in [2.75, 3.05) is 0 Å². The maximum atomic E-state index is 12.9. The van der Waals surface area contributed by atoms with Gasteiger partial charge in [-0.05, 0) is 12.1 Å². The van der Waals surface area contributed by atoms with Crippen LogP contribution >= 0.6 is 15.9 Å². The zero-order valence-electron chi connectivity index (χ0n) is 8.14. The van der Waals surface area contributed by atoms with Gasteiger partial charge in [-0.1, -0.05) is 22.0 Å². The molecule has 0 aliphatic heterocycles. The van der Waals surface area contributed by atoms with Crippen LogP contribution in [0.25, 0.3) is 0 Å². The lowest BCUT2D eigenvalue weighted by Gasteiger charge is -2.11. The average Bonchev–Trinajstić information content (AvgIpc) is 2.29. The first-order valence-electron chi connectivity index (χ1n) is 4.57. The molecule has 0 amide bonds. The van der Waals surface area contributed by atoms with Gasteiger partial charge in [0.1, 0.15) is 11.9 Å². The molecular weight excluding hydrogens is 275 g/mol. The second kappa shape index (κ2) is 4.67. The summed E-state index contributed by atoms with van der Waals surface area (Å²) in [7, 11) is 0. The lowest BCUT2D eigenvalue weighted by Crippen LogP contribution is -2.03. The number of halogens is 2. The van der Waals surface area contributed by atoms with Gasteiger partial charge in [0.05, 0.1) is 11.9 Å². The Morgan fingerprint density at radius 1 is 1.31 bits per heavy atom. The molecule has 2 rings (SSSR count). The molecule has 3 nitrogen and oxygen atoms in total. The van der Waals surface area contributed by atoms with E-state index in [2.05, 4.69) is 25.9 Å². The summed E-state index contributed by atoms with van der Waals surface area (Å²) in [4.78, 5) is 7.86. The predicted molar refractivity (Wildman–Crippen MR) is 60.2 cm³/mol. The molecule has 0 fully saturated rings. The lowest BCUT2D eigenvalue weighted by atomic mass is 10.1. The van der Waals surface area contributed by atoms with Crippen LogP contribution in [0.15, 0.2) is 41.3 Å². The summed E-state index contributed by atoms with van der Waals surface area (Å²) in [5.74, 6) is -0.359. The van der Waals surface area contributed by atoms with E-state index >= 15 is 0 Å². The molecule has 1 atom stereocenters. The topological polar surface area (TPSA) is 46.0 Å². The molecule has 16 heavy (non-hydrogen) atoms. The monoisotopic (exact) mass is 282 g/mol. The summed E-state index contributed by atoms with van der Waals surface area (Å²) in [6.45, 7) is 0. The molecule has 0 spiro atoms. The van der Waals surface area contributed by atoms with E-state index in [9.17, 15) is 9.50 Å². The summed E-state index contributed by atoms with van der Waals surface area (Å²) < 4.78 is 13.4. The average molecular weight is 283 g/mol. The van der Waals surface area contributed by atoms with Crippen molar-refractivity contribution >= 4 is 15.9 Å². The first-order chi connectivity index (χ1) is 7.68. The van der Waals surface area contributed by atoms with Crippen LogP contribution in [0, 0.1) is 5.82 Å². The Labute approximate surface area is 100 Å². The normalized spacial score (nSPS) is 12.4. The van der Waals surface area contributed by atoms with E-state index in [0.29, 0.717) is 15.7 Å². The lowest BCUT2D eigenvalue weighted by molar-refractivity contribution is 0.214. The van der Waals surface area contributed by atoms with Gasteiger partial charge < -0.3 is 5.11 Å². The van der Waals surface area contributed by atoms with Crippen LogP contribution in [0.2, 0.25) is 0 Å². The zero-order chi connectivity index (χ0) is 11.5. The molecule has 5 heteroatoms.